The lowest BCUT2D eigenvalue weighted by molar-refractivity contribution is -0.122. The maximum Gasteiger partial charge on any atom is 0.222 e. The highest BCUT2D eigenvalue weighted by Crippen LogP contribution is 2.33. The number of piperidine rings is 1. The Labute approximate surface area is 158 Å². The number of nitrogens with zero attached hydrogens (tertiary/aromatic N) is 2. The van der Waals surface area contributed by atoms with Gasteiger partial charge in [0.1, 0.15) is 0 Å². The third-order valence-electron chi connectivity index (χ3n) is 5.38. The molecule has 2 N–H and O–H groups in total. The van der Waals surface area contributed by atoms with E-state index in [4.69, 9.17) is 11.6 Å². The van der Waals surface area contributed by atoms with Crippen LogP contribution in [0.4, 0.5) is 5.69 Å². The number of anilines is 1. The van der Waals surface area contributed by atoms with Crippen LogP contribution in [0.1, 0.15) is 30.5 Å². The lowest BCUT2D eigenvalue weighted by Crippen LogP contribution is -2.52. The number of para-hydroxylation sites is 1. The van der Waals surface area contributed by atoms with Crippen LogP contribution in [-0.2, 0) is 17.9 Å². The van der Waals surface area contributed by atoms with Crippen LogP contribution in [0.5, 0.6) is 0 Å². The topological polar surface area (TPSA) is 57.3 Å². The molecule has 1 spiro atoms. The van der Waals surface area contributed by atoms with Crippen LogP contribution in [0.2, 0.25) is 5.02 Å². The van der Waals surface area contributed by atoms with Gasteiger partial charge in [-0.3, -0.25) is 14.7 Å². The van der Waals surface area contributed by atoms with Crippen molar-refractivity contribution >= 4 is 23.2 Å². The number of nitrogens with one attached hydrogen (secondary N) is 2. The molecular formula is C20H23ClN4O. The maximum atomic E-state index is 12.3. The van der Waals surface area contributed by atoms with Gasteiger partial charge in [0, 0.05) is 50.0 Å². The van der Waals surface area contributed by atoms with Gasteiger partial charge in [0.15, 0.2) is 0 Å². The first-order valence-corrected chi connectivity index (χ1v) is 9.45. The van der Waals surface area contributed by atoms with Gasteiger partial charge in [-0.2, -0.15) is 0 Å². The molecule has 0 unspecified atom stereocenters. The molecule has 6 heteroatoms. The van der Waals surface area contributed by atoms with E-state index < -0.39 is 0 Å². The third kappa shape index (κ3) is 3.84. The van der Waals surface area contributed by atoms with E-state index in [0.717, 1.165) is 49.4 Å². The van der Waals surface area contributed by atoms with E-state index in [0.29, 0.717) is 18.0 Å². The zero-order valence-corrected chi connectivity index (χ0v) is 15.4. The highest BCUT2D eigenvalue weighted by atomic mass is 35.5. The molecule has 1 saturated heterocycles. The highest BCUT2D eigenvalue weighted by Gasteiger charge is 2.37. The van der Waals surface area contributed by atoms with Crippen molar-refractivity contribution in [2.45, 2.75) is 37.9 Å². The van der Waals surface area contributed by atoms with Crippen LogP contribution in [0.25, 0.3) is 0 Å². The molecule has 2 aromatic rings. The van der Waals surface area contributed by atoms with Crippen molar-refractivity contribution in [2.24, 2.45) is 0 Å². The lowest BCUT2D eigenvalue weighted by Gasteiger charge is -2.44. The molecule has 0 saturated carbocycles. The number of amides is 1. The third-order valence-corrected chi connectivity index (χ3v) is 5.60. The first kappa shape index (κ1) is 17.3. The Hall–Kier alpha value is -2.11. The summed E-state index contributed by atoms with van der Waals surface area (Å²) in [5, 5.41) is 7.43. The number of carbonyl (C=O) groups excluding carboxylic acids is 1. The molecule has 136 valence electrons. The fraction of sp³-hybridized carbons (Fsp3) is 0.400. The molecule has 2 aliphatic heterocycles. The van der Waals surface area contributed by atoms with Crippen LogP contribution in [0.3, 0.4) is 0 Å². The van der Waals surface area contributed by atoms with Crippen LogP contribution >= 0.6 is 11.6 Å². The number of benzene rings is 1. The van der Waals surface area contributed by atoms with Crippen molar-refractivity contribution in [3.8, 4) is 0 Å². The Morgan fingerprint density at radius 2 is 1.96 bits per heavy atom. The number of fused-ring (bicyclic) bond motifs is 1. The normalized spacial score (nSPS) is 19.8. The second-order valence-electron chi connectivity index (χ2n) is 7.26. The average Bonchev–Trinajstić information content (AvgIpc) is 2.64. The number of hydrogen-bond acceptors (Lipinski definition) is 4. The number of carbonyl (C=O) groups is 1. The van der Waals surface area contributed by atoms with Gasteiger partial charge >= 0.3 is 0 Å². The van der Waals surface area contributed by atoms with Crippen molar-refractivity contribution in [2.75, 3.05) is 18.4 Å². The second-order valence-corrected chi connectivity index (χ2v) is 7.70. The van der Waals surface area contributed by atoms with Gasteiger partial charge in [-0.05, 0) is 36.6 Å². The van der Waals surface area contributed by atoms with Crippen molar-refractivity contribution < 1.29 is 4.79 Å². The van der Waals surface area contributed by atoms with Crippen molar-refractivity contribution in [3.63, 3.8) is 0 Å². The fourth-order valence-corrected chi connectivity index (χ4v) is 3.97. The zero-order valence-electron chi connectivity index (χ0n) is 14.7. The minimum absolute atomic E-state index is 0.125. The molecule has 5 nitrogen and oxygen atoms in total. The molecule has 0 aliphatic carbocycles. The smallest absolute Gasteiger partial charge is 0.222 e. The Bertz CT molecular complexity index is 785. The monoisotopic (exact) mass is 370 g/mol. The van der Waals surface area contributed by atoms with E-state index in [2.05, 4.69) is 32.7 Å². The van der Waals surface area contributed by atoms with E-state index in [1.54, 1.807) is 6.20 Å². The van der Waals surface area contributed by atoms with E-state index in [1.807, 2.05) is 24.3 Å². The number of likely N-dealkylation sites (tertiary alicyclic amines) is 1. The molecule has 3 heterocycles. The molecule has 0 bridgehead atoms. The average molecular weight is 371 g/mol. The Balaban J connectivity index is 1.46. The van der Waals surface area contributed by atoms with E-state index in [1.165, 1.54) is 0 Å². The second kappa shape index (κ2) is 7.25. The molecule has 2 aliphatic rings. The molecule has 4 rings (SSSR count). The van der Waals surface area contributed by atoms with E-state index in [9.17, 15) is 4.79 Å². The van der Waals surface area contributed by atoms with Crippen LogP contribution in [-0.4, -0.2) is 34.4 Å². The molecule has 1 amide bonds. The Morgan fingerprint density at radius 1 is 1.15 bits per heavy atom. The predicted octanol–water partition coefficient (Wildman–Crippen LogP) is 3.20. The first-order valence-electron chi connectivity index (χ1n) is 9.08. The number of pyridine rings is 1. The van der Waals surface area contributed by atoms with Crippen molar-refractivity contribution in [1.82, 2.24) is 15.2 Å². The Kier molecular flexibility index (Phi) is 4.83. The highest BCUT2D eigenvalue weighted by molar-refractivity contribution is 6.30. The van der Waals surface area contributed by atoms with Crippen molar-refractivity contribution in [3.05, 3.63) is 58.9 Å². The SMILES string of the molecule is O=C1CC2(CCN(Cc3ccc(Cl)cn3)CC2)Nc2ccccc2CN1. The standard InChI is InChI=1S/C20H23ClN4O/c21-16-5-6-17(22-13-16)14-25-9-7-20(8-10-25)11-19(26)23-12-15-3-1-2-4-18(15)24-20/h1-6,13,24H,7-12,14H2,(H,23,26). The molecule has 0 radical (unpaired) electrons. The summed E-state index contributed by atoms with van der Waals surface area (Å²) < 4.78 is 0. The van der Waals surface area contributed by atoms with Gasteiger partial charge in [-0.25, -0.2) is 0 Å². The first-order chi connectivity index (χ1) is 12.6. The van der Waals surface area contributed by atoms with Gasteiger partial charge in [0.2, 0.25) is 5.91 Å². The van der Waals surface area contributed by atoms with Crippen LogP contribution < -0.4 is 10.6 Å². The molecule has 1 aromatic heterocycles. The van der Waals surface area contributed by atoms with Gasteiger partial charge in [-0.15, -0.1) is 0 Å². The minimum atomic E-state index is -0.176. The summed E-state index contributed by atoms with van der Waals surface area (Å²) in [4.78, 5) is 19.1. The lowest BCUT2D eigenvalue weighted by atomic mass is 9.82. The van der Waals surface area contributed by atoms with Gasteiger partial charge in [0.05, 0.1) is 10.7 Å². The number of hydrogen-bond donors (Lipinski definition) is 2. The molecule has 1 fully saturated rings. The fourth-order valence-electron chi connectivity index (χ4n) is 3.86. The van der Waals surface area contributed by atoms with Crippen molar-refractivity contribution in [1.29, 1.82) is 0 Å². The molecular weight excluding hydrogens is 348 g/mol. The molecule has 1 aromatic carbocycles. The zero-order chi connectivity index (χ0) is 18.0. The minimum Gasteiger partial charge on any atom is -0.379 e. The Morgan fingerprint density at radius 3 is 2.73 bits per heavy atom. The van der Waals surface area contributed by atoms with E-state index >= 15 is 0 Å². The summed E-state index contributed by atoms with van der Waals surface area (Å²) in [6.07, 6.45) is 4.08. The summed E-state index contributed by atoms with van der Waals surface area (Å²) in [6.45, 7) is 3.28. The molecule has 26 heavy (non-hydrogen) atoms. The van der Waals surface area contributed by atoms with Crippen LogP contribution in [0.15, 0.2) is 42.6 Å². The van der Waals surface area contributed by atoms with Gasteiger partial charge in [0.25, 0.3) is 0 Å². The number of rotatable bonds is 2. The summed E-state index contributed by atoms with van der Waals surface area (Å²) in [7, 11) is 0. The largest absolute Gasteiger partial charge is 0.379 e. The maximum absolute atomic E-state index is 12.3. The van der Waals surface area contributed by atoms with Gasteiger partial charge < -0.3 is 10.6 Å². The quantitative estimate of drug-likeness (QED) is 0.852. The predicted molar refractivity (Wildman–Crippen MR) is 103 cm³/mol. The number of halogens is 1. The number of aromatic nitrogens is 1. The van der Waals surface area contributed by atoms with E-state index in [-0.39, 0.29) is 11.4 Å². The molecule has 0 atom stereocenters. The summed E-state index contributed by atoms with van der Waals surface area (Å²) in [6, 6.07) is 12.1. The van der Waals surface area contributed by atoms with Gasteiger partial charge in [-0.1, -0.05) is 29.8 Å². The summed E-state index contributed by atoms with van der Waals surface area (Å²) >= 11 is 5.91. The van der Waals surface area contributed by atoms with Crippen LogP contribution in [0, 0.1) is 0 Å². The summed E-state index contributed by atoms with van der Waals surface area (Å²) in [5.74, 6) is 0.125. The summed E-state index contributed by atoms with van der Waals surface area (Å²) in [5.41, 5.74) is 3.14.